The van der Waals surface area contributed by atoms with Crippen molar-refractivity contribution in [3.8, 4) is 0 Å². The predicted molar refractivity (Wildman–Crippen MR) is 122 cm³/mol. The number of rotatable bonds is 19. The average molecular weight is 472 g/mol. The highest BCUT2D eigenvalue weighted by Gasteiger charge is 2.25. The second-order valence-electron chi connectivity index (χ2n) is 6.80. The molecule has 3 N–H and O–H groups in total. The number of thioether (sulfide) groups is 2. The van der Waals surface area contributed by atoms with E-state index in [0.717, 1.165) is 74.9 Å². The van der Waals surface area contributed by atoms with E-state index in [1.54, 1.807) is 0 Å². The maximum absolute atomic E-state index is 12.2. The molecule has 0 aromatic carbocycles. The van der Waals surface area contributed by atoms with Crippen LogP contribution in [0.3, 0.4) is 0 Å². The number of phosphoric acid groups is 1. The van der Waals surface area contributed by atoms with Gasteiger partial charge in [0.25, 0.3) is 0 Å². The Labute approximate surface area is 184 Å². The Kier molecular flexibility index (Phi) is 18.9. The summed E-state index contributed by atoms with van der Waals surface area (Å²) in [5.74, 6) is 0.356. The van der Waals surface area contributed by atoms with Crippen molar-refractivity contribution in [2.75, 3.05) is 25.5 Å². The van der Waals surface area contributed by atoms with Crippen molar-refractivity contribution < 1.29 is 28.1 Å². The standard InChI is InChI=1S/C19H38NO6PS2/c1-3-5-7-9-11-18(21)28-16-17(15-26-27(23,24)25-14-13-20)29-19(22)12-10-8-6-4-2/h17H,3-16,20H2,1-2H3,(H,23,24). The van der Waals surface area contributed by atoms with Crippen molar-refractivity contribution in [1.82, 2.24) is 0 Å². The zero-order valence-corrected chi connectivity index (χ0v) is 20.3. The van der Waals surface area contributed by atoms with Crippen molar-refractivity contribution in [1.29, 1.82) is 0 Å². The third-order valence-corrected chi connectivity index (χ3v) is 7.39. The van der Waals surface area contributed by atoms with Gasteiger partial charge in [0.2, 0.25) is 0 Å². The molecule has 7 nitrogen and oxygen atoms in total. The number of phosphoric ester groups is 1. The molecule has 0 aliphatic carbocycles. The first-order valence-electron chi connectivity index (χ1n) is 10.5. The summed E-state index contributed by atoms with van der Waals surface area (Å²) in [6.07, 6.45) is 9.13. The van der Waals surface area contributed by atoms with Crippen molar-refractivity contribution in [2.24, 2.45) is 5.73 Å². The molecule has 0 amide bonds. The Morgan fingerprint density at radius 2 is 1.55 bits per heavy atom. The lowest BCUT2D eigenvalue weighted by atomic mass is 10.2. The molecule has 29 heavy (non-hydrogen) atoms. The maximum atomic E-state index is 12.2. The van der Waals surface area contributed by atoms with Gasteiger partial charge in [0.15, 0.2) is 10.2 Å². The minimum atomic E-state index is -4.21. The Bertz CT molecular complexity index is 495. The Hall–Kier alpha value is 0.110. The van der Waals surface area contributed by atoms with E-state index in [9.17, 15) is 19.0 Å². The van der Waals surface area contributed by atoms with Gasteiger partial charge in [0.05, 0.1) is 13.2 Å². The second kappa shape index (κ2) is 18.8. The van der Waals surface area contributed by atoms with E-state index in [2.05, 4.69) is 13.8 Å². The summed E-state index contributed by atoms with van der Waals surface area (Å²) in [6.45, 7) is 4.10. The van der Waals surface area contributed by atoms with Crippen LogP contribution in [-0.4, -0.2) is 45.9 Å². The normalized spacial score (nSPS) is 14.5. The molecular weight excluding hydrogens is 433 g/mol. The summed E-state index contributed by atoms with van der Waals surface area (Å²) in [6, 6.07) is 0. The summed E-state index contributed by atoms with van der Waals surface area (Å²) in [5, 5.41) is -0.296. The molecule has 0 spiro atoms. The van der Waals surface area contributed by atoms with E-state index >= 15 is 0 Å². The quantitative estimate of drug-likeness (QED) is 0.200. The summed E-state index contributed by atoms with van der Waals surface area (Å²) in [7, 11) is -4.21. The predicted octanol–water partition coefficient (Wildman–Crippen LogP) is 4.91. The highest BCUT2D eigenvalue weighted by molar-refractivity contribution is 8.17. The number of hydrogen-bond acceptors (Lipinski definition) is 8. The van der Waals surface area contributed by atoms with Crippen LogP contribution in [0.15, 0.2) is 0 Å². The number of carbonyl (C=O) groups excluding carboxylic acids is 2. The Balaban J connectivity index is 4.51. The number of nitrogens with two attached hydrogens (primary N) is 1. The van der Waals surface area contributed by atoms with Crippen LogP contribution in [0.5, 0.6) is 0 Å². The lowest BCUT2D eigenvalue weighted by Crippen LogP contribution is -2.19. The number of carbonyl (C=O) groups is 2. The molecule has 0 aromatic rings. The molecule has 2 atom stereocenters. The molecule has 0 saturated heterocycles. The van der Waals surface area contributed by atoms with Gasteiger partial charge in [0.1, 0.15) is 0 Å². The first-order valence-corrected chi connectivity index (χ1v) is 13.9. The fraction of sp³-hybridized carbons (Fsp3) is 0.895. The van der Waals surface area contributed by atoms with Crippen LogP contribution in [0.25, 0.3) is 0 Å². The summed E-state index contributed by atoms with van der Waals surface area (Å²) < 4.78 is 21.6. The van der Waals surface area contributed by atoms with Crippen LogP contribution < -0.4 is 5.73 Å². The van der Waals surface area contributed by atoms with Gasteiger partial charge in [-0.05, 0) is 12.8 Å². The van der Waals surface area contributed by atoms with Crippen LogP contribution in [0.1, 0.15) is 78.1 Å². The summed E-state index contributed by atoms with van der Waals surface area (Å²) >= 11 is 2.25. The zero-order valence-electron chi connectivity index (χ0n) is 17.8. The van der Waals surface area contributed by atoms with Gasteiger partial charge >= 0.3 is 7.82 Å². The fourth-order valence-electron chi connectivity index (χ4n) is 2.39. The number of unbranched alkanes of at least 4 members (excludes halogenated alkanes) is 6. The van der Waals surface area contributed by atoms with Crippen molar-refractivity contribution in [3.05, 3.63) is 0 Å². The summed E-state index contributed by atoms with van der Waals surface area (Å²) in [4.78, 5) is 34.0. The number of hydrogen-bond donors (Lipinski definition) is 2. The molecular formula is C19H38NO6PS2. The van der Waals surface area contributed by atoms with Gasteiger partial charge < -0.3 is 10.6 Å². The largest absolute Gasteiger partial charge is 0.472 e. The highest BCUT2D eigenvalue weighted by Crippen LogP contribution is 2.43. The molecule has 0 aliphatic heterocycles. The lowest BCUT2D eigenvalue weighted by molar-refractivity contribution is -0.112. The van der Waals surface area contributed by atoms with Crippen LogP contribution in [0, 0.1) is 0 Å². The zero-order chi connectivity index (χ0) is 22.0. The summed E-state index contributed by atoms with van der Waals surface area (Å²) in [5.41, 5.74) is 5.26. The molecule has 0 heterocycles. The third-order valence-electron chi connectivity index (χ3n) is 3.99. The monoisotopic (exact) mass is 471 g/mol. The maximum Gasteiger partial charge on any atom is 0.472 e. The topological polar surface area (TPSA) is 116 Å². The molecule has 0 radical (unpaired) electrons. The van der Waals surface area contributed by atoms with E-state index in [1.807, 2.05) is 0 Å². The minimum Gasteiger partial charge on any atom is -0.328 e. The first kappa shape index (κ1) is 29.1. The molecule has 172 valence electrons. The van der Waals surface area contributed by atoms with Gasteiger partial charge in [-0.25, -0.2) is 4.57 Å². The molecule has 0 bridgehead atoms. The lowest BCUT2D eigenvalue weighted by Gasteiger charge is -2.17. The van der Waals surface area contributed by atoms with Gasteiger partial charge in [-0.1, -0.05) is 75.9 Å². The van der Waals surface area contributed by atoms with E-state index in [0.29, 0.717) is 18.6 Å². The van der Waals surface area contributed by atoms with E-state index < -0.39 is 7.82 Å². The van der Waals surface area contributed by atoms with E-state index in [-0.39, 0.29) is 35.2 Å². The first-order chi connectivity index (χ1) is 13.8. The van der Waals surface area contributed by atoms with Crippen molar-refractivity contribution in [3.63, 3.8) is 0 Å². The van der Waals surface area contributed by atoms with Gasteiger partial charge in [-0.2, -0.15) is 0 Å². The molecule has 0 aliphatic rings. The van der Waals surface area contributed by atoms with Gasteiger partial charge in [0, 0.05) is 30.4 Å². The second-order valence-corrected chi connectivity index (χ2v) is 10.7. The van der Waals surface area contributed by atoms with Crippen LogP contribution in [-0.2, 0) is 23.2 Å². The van der Waals surface area contributed by atoms with Crippen LogP contribution in [0.4, 0.5) is 0 Å². The molecule has 0 rings (SSSR count). The third kappa shape index (κ3) is 18.6. The van der Waals surface area contributed by atoms with E-state index in [1.165, 1.54) is 0 Å². The SMILES string of the molecule is CCCCCCC(=O)SCC(COP(=O)(O)OCCN)SC(=O)CCCCCC. The fourth-order valence-corrected chi connectivity index (χ4v) is 5.28. The Morgan fingerprint density at radius 1 is 0.966 bits per heavy atom. The average Bonchev–Trinajstić information content (AvgIpc) is 2.69. The minimum absolute atomic E-state index is 0.0151. The van der Waals surface area contributed by atoms with E-state index in [4.69, 9.17) is 14.8 Å². The molecule has 10 heteroatoms. The van der Waals surface area contributed by atoms with Crippen LogP contribution >= 0.6 is 31.3 Å². The van der Waals surface area contributed by atoms with Crippen molar-refractivity contribution in [2.45, 2.75) is 83.3 Å². The van der Waals surface area contributed by atoms with Gasteiger partial charge in [-0.3, -0.25) is 18.6 Å². The molecule has 2 unspecified atom stereocenters. The molecule has 0 fully saturated rings. The molecule has 0 aromatic heterocycles. The highest BCUT2D eigenvalue weighted by atomic mass is 32.2. The smallest absolute Gasteiger partial charge is 0.328 e. The Morgan fingerprint density at radius 3 is 2.10 bits per heavy atom. The van der Waals surface area contributed by atoms with Crippen molar-refractivity contribution >= 4 is 41.6 Å². The van der Waals surface area contributed by atoms with Gasteiger partial charge in [-0.15, -0.1) is 0 Å². The molecule has 0 saturated carbocycles. The van der Waals surface area contributed by atoms with Crippen LogP contribution in [0.2, 0.25) is 0 Å².